The van der Waals surface area contributed by atoms with Crippen molar-refractivity contribution >= 4 is 17.0 Å². The maximum atomic E-state index is 9.90. The first-order chi connectivity index (χ1) is 10.3. The molecule has 21 heavy (non-hydrogen) atoms. The molecule has 0 amide bonds. The lowest BCUT2D eigenvalue weighted by Gasteiger charge is -2.13. The summed E-state index contributed by atoms with van der Waals surface area (Å²) in [6, 6.07) is 11.7. The Balaban J connectivity index is 1.68. The summed E-state index contributed by atoms with van der Waals surface area (Å²) in [5.74, 6) is 0.825. The van der Waals surface area contributed by atoms with E-state index in [1.165, 1.54) is 4.88 Å². The third kappa shape index (κ3) is 5.75. The van der Waals surface area contributed by atoms with Crippen LogP contribution in [0.25, 0.3) is 0 Å². The Hall–Kier alpha value is -1.56. The molecule has 0 bridgehead atoms. The van der Waals surface area contributed by atoms with Crippen LogP contribution in [-0.4, -0.2) is 31.0 Å². The van der Waals surface area contributed by atoms with Gasteiger partial charge in [0.1, 0.15) is 5.75 Å². The highest BCUT2D eigenvalue weighted by atomic mass is 32.1. The number of hydrogen-bond acceptors (Lipinski definition) is 5. The Bertz CT molecular complexity index is 516. The highest BCUT2D eigenvalue weighted by molar-refractivity contribution is 7.09. The van der Waals surface area contributed by atoms with Crippen molar-refractivity contribution in [3.8, 4) is 5.75 Å². The largest absolute Gasteiger partial charge is 0.494 e. The van der Waals surface area contributed by atoms with Gasteiger partial charge in [-0.25, -0.2) is 0 Å². The summed E-state index contributed by atoms with van der Waals surface area (Å²) in [7, 11) is 0. The maximum absolute atomic E-state index is 9.90. The molecular weight excluding hydrogens is 286 g/mol. The maximum Gasteiger partial charge on any atom is 0.121 e. The van der Waals surface area contributed by atoms with E-state index in [2.05, 4.69) is 5.32 Å². The molecule has 114 valence electrons. The van der Waals surface area contributed by atoms with E-state index in [0.717, 1.165) is 11.4 Å². The van der Waals surface area contributed by atoms with Crippen molar-refractivity contribution in [2.45, 2.75) is 19.6 Å². The minimum Gasteiger partial charge on any atom is -0.494 e. The zero-order chi connectivity index (χ0) is 14.9. The van der Waals surface area contributed by atoms with Crippen molar-refractivity contribution in [1.82, 2.24) is 0 Å². The van der Waals surface area contributed by atoms with Gasteiger partial charge in [0.05, 0.1) is 25.9 Å². The number of ether oxygens (including phenoxy) is 2. The van der Waals surface area contributed by atoms with Crippen LogP contribution in [0.1, 0.15) is 11.8 Å². The number of thiophene rings is 1. The first kappa shape index (κ1) is 15.8. The van der Waals surface area contributed by atoms with E-state index in [0.29, 0.717) is 26.4 Å². The molecule has 0 aliphatic rings. The van der Waals surface area contributed by atoms with E-state index in [9.17, 15) is 5.11 Å². The average molecular weight is 307 g/mol. The van der Waals surface area contributed by atoms with Crippen molar-refractivity contribution in [1.29, 1.82) is 0 Å². The summed E-state index contributed by atoms with van der Waals surface area (Å²) in [5, 5.41) is 15.1. The summed E-state index contributed by atoms with van der Waals surface area (Å²) < 4.78 is 10.9. The fraction of sp³-hybridized carbons (Fsp3) is 0.375. The number of hydrogen-bond donors (Lipinski definition) is 2. The summed E-state index contributed by atoms with van der Waals surface area (Å²) >= 11 is 1.65. The number of aliphatic hydroxyl groups excluding tert-OH is 1. The van der Waals surface area contributed by atoms with Gasteiger partial charge in [-0.3, -0.25) is 0 Å². The molecule has 1 aromatic carbocycles. The highest BCUT2D eigenvalue weighted by Gasteiger charge is 2.05. The fourth-order valence-electron chi connectivity index (χ4n) is 1.85. The standard InChI is InChI=1S/C16H21NO3S/c1-2-20-15-6-3-5-13(9-15)17-10-14(18)11-19-12-16-7-4-8-21-16/h3-9,14,17-18H,2,10-12H2,1H3. The molecule has 0 spiro atoms. The third-order valence-corrected chi connectivity index (χ3v) is 3.67. The van der Waals surface area contributed by atoms with Gasteiger partial charge in [0.15, 0.2) is 0 Å². The summed E-state index contributed by atoms with van der Waals surface area (Å²) in [5.41, 5.74) is 0.929. The second-order valence-electron chi connectivity index (χ2n) is 4.59. The van der Waals surface area contributed by atoms with E-state index in [-0.39, 0.29) is 0 Å². The minimum atomic E-state index is -0.541. The molecule has 1 unspecified atom stereocenters. The number of benzene rings is 1. The first-order valence-electron chi connectivity index (χ1n) is 7.03. The normalized spacial score (nSPS) is 12.1. The van der Waals surface area contributed by atoms with Crippen LogP contribution in [0.15, 0.2) is 41.8 Å². The molecule has 2 rings (SSSR count). The lowest BCUT2D eigenvalue weighted by Crippen LogP contribution is -2.24. The zero-order valence-corrected chi connectivity index (χ0v) is 12.9. The minimum absolute atomic E-state index is 0.316. The Kier molecular flexibility index (Phi) is 6.53. The monoisotopic (exact) mass is 307 g/mol. The molecule has 4 nitrogen and oxygen atoms in total. The van der Waals surface area contributed by atoms with Crippen LogP contribution in [0.3, 0.4) is 0 Å². The van der Waals surface area contributed by atoms with Gasteiger partial charge in [-0.2, -0.15) is 0 Å². The van der Waals surface area contributed by atoms with Crippen LogP contribution < -0.4 is 10.1 Å². The number of rotatable bonds is 9. The van der Waals surface area contributed by atoms with Gasteiger partial charge in [0, 0.05) is 23.2 Å². The molecule has 0 saturated carbocycles. The van der Waals surface area contributed by atoms with Crippen molar-refractivity contribution in [3.05, 3.63) is 46.7 Å². The molecule has 1 heterocycles. The lowest BCUT2D eigenvalue weighted by molar-refractivity contribution is 0.0359. The Morgan fingerprint density at radius 3 is 2.95 bits per heavy atom. The van der Waals surface area contributed by atoms with Gasteiger partial charge >= 0.3 is 0 Å². The topological polar surface area (TPSA) is 50.7 Å². The molecule has 1 atom stereocenters. The SMILES string of the molecule is CCOc1cccc(NCC(O)COCc2cccs2)c1. The van der Waals surface area contributed by atoms with Crippen LogP contribution >= 0.6 is 11.3 Å². The second-order valence-corrected chi connectivity index (χ2v) is 5.62. The van der Waals surface area contributed by atoms with Crippen molar-refractivity contribution in [2.24, 2.45) is 0 Å². The molecule has 0 aliphatic carbocycles. The molecule has 0 fully saturated rings. The first-order valence-corrected chi connectivity index (χ1v) is 7.91. The van der Waals surface area contributed by atoms with Gasteiger partial charge in [0.25, 0.3) is 0 Å². The molecule has 2 aromatic rings. The zero-order valence-electron chi connectivity index (χ0n) is 12.1. The van der Waals surface area contributed by atoms with Gasteiger partial charge in [0.2, 0.25) is 0 Å². The van der Waals surface area contributed by atoms with Crippen molar-refractivity contribution < 1.29 is 14.6 Å². The van der Waals surface area contributed by atoms with Gasteiger partial charge in [-0.1, -0.05) is 12.1 Å². The number of aliphatic hydroxyl groups is 1. The Morgan fingerprint density at radius 1 is 1.29 bits per heavy atom. The van der Waals surface area contributed by atoms with Crippen LogP contribution in [0.5, 0.6) is 5.75 Å². The Morgan fingerprint density at radius 2 is 2.19 bits per heavy atom. The second kappa shape index (κ2) is 8.67. The van der Waals surface area contributed by atoms with Gasteiger partial charge in [-0.15, -0.1) is 11.3 Å². The summed E-state index contributed by atoms with van der Waals surface area (Å²) in [4.78, 5) is 1.17. The predicted molar refractivity (Wildman–Crippen MR) is 86.1 cm³/mol. The van der Waals surface area contributed by atoms with E-state index < -0.39 is 6.10 Å². The van der Waals surface area contributed by atoms with E-state index in [1.807, 2.05) is 48.7 Å². The smallest absolute Gasteiger partial charge is 0.121 e. The van der Waals surface area contributed by atoms with Gasteiger partial charge in [-0.05, 0) is 30.5 Å². The van der Waals surface area contributed by atoms with E-state index >= 15 is 0 Å². The average Bonchev–Trinajstić information content (AvgIpc) is 2.99. The summed E-state index contributed by atoms with van der Waals surface area (Å²) in [6.07, 6.45) is -0.541. The number of nitrogens with one attached hydrogen (secondary N) is 1. The van der Waals surface area contributed by atoms with Crippen LogP contribution in [0.4, 0.5) is 5.69 Å². The fourth-order valence-corrected chi connectivity index (χ4v) is 2.49. The molecule has 2 N–H and O–H groups in total. The molecule has 0 saturated heterocycles. The summed E-state index contributed by atoms with van der Waals surface area (Å²) in [6.45, 7) is 3.90. The Labute approximate surface area is 129 Å². The van der Waals surface area contributed by atoms with Crippen LogP contribution in [-0.2, 0) is 11.3 Å². The predicted octanol–water partition coefficient (Wildman–Crippen LogP) is 3.14. The lowest BCUT2D eigenvalue weighted by atomic mass is 10.3. The third-order valence-electron chi connectivity index (χ3n) is 2.82. The van der Waals surface area contributed by atoms with Gasteiger partial charge < -0.3 is 19.9 Å². The number of anilines is 1. The molecular formula is C16H21NO3S. The molecule has 1 aromatic heterocycles. The quantitative estimate of drug-likeness (QED) is 0.747. The molecule has 0 aliphatic heterocycles. The molecule has 0 radical (unpaired) electrons. The molecule has 5 heteroatoms. The van der Waals surface area contributed by atoms with Crippen molar-refractivity contribution in [2.75, 3.05) is 25.1 Å². The highest BCUT2D eigenvalue weighted by Crippen LogP contribution is 2.17. The van der Waals surface area contributed by atoms with E-state index in [4.69, 9.17) is 9.47 Å². The van der Waals surface area contributed by atoms with Crippen molar-refractivity contribution in [3.63, 3.8) is 0 Å². The van der Waals surface area contributed by atoms with Crippen LogP contribution in [0.2, 0.25) is 0 Å². The van der Waals surface area contributed by atoms with E-state index in [1.54, 1.807) is 11.3 Å². The van der Waals surface area contributed by atoms with Crippen LogP contribution in [0, 0.1) is 0 Å².